The molecule has 0 saturated carbocycles. The third kappa shape index (κ3) is 3.62. The fourth-order valence-electron chi connectivity index (χ4n) is 2.86. The lowest BCUT2D eigenvalue weighted by atomic mass is 9.88. The summed E-state index contributed by atoms with van der Waals surface area (Å²) in [4.78, 5) is 19.1. The van der Waals surface area contributed by atoms with Gasteiger partial charge in [-0.3, -0.25) is 9.00 Å². The number of benzene rings is 1. The summed E-state index contributed by atoms with van der Waals surface area (Å²) in [6.45, 7) is 1.66. The summed E-state index contributed by atoms with van der Waals surface area (Å²) in [6.07, 6.45) is -4.12. The van der Waals surface area contributed by atoms with Crippen LogP contribution in [0.3, 0.4) is 0 Å². The Morgan fingerprint density at radius 3 is 2.65 bits per heavy atom. The molecule has 138 valence electrons. The van der Waals surface area contributed by atoms with Gasteiger partial charge in [-0.25, -0.2) is 9.97 Å². The van der Waals surface area contributed by atoms with Gasteiger partial charge in [0.05, 0.1) is 12.3 Å². The van der Waals surface area contributed by atoms with Gasteiger partial charge in [0.2, 0.25) is 5.16 Å². The molecule has 26 heavy (non-hydrogen) atoms. The largest absolute Gasteiger partial charge is 0.465 e. The highest BCUT2D eigenvalue weighted by Crippen LogP contribution is 2.39. The van der Waals surface area contributed by atoms with Gasteiger partial charge in [-0.1, -0.05) is 24.3 Å². The summed E-state index contributed by atoms with van der Waals surface area (Å²) in [5.41, 5.74) is 0.462. The number of ether oxygens (including phenoxy) is 1. The fraction of sp³-hybridized carbons (Fsp3) is 0.353. The first-order chi connectivity index (χ1) is 12.3. The molecular weight excluding hydrogens is 369 g/mol. The summed E-state index contributed by atoms with van der Waals surface area (Å²) < 4.78 is 57.5. The highest BCUT2D eigenvalue weighted by Gasteiger charge is 2.39. The molecular formula is C17H15F3N2O3S. The minimum absolute atomic E-state index is 0.00640. The molecule has 1 heterocycles. The van der Waals surface area contributed by atoms with Crippen LogP contribution in [-0.4, -0.2) is 32.5 Å². The van der Waals surface area contributed by atoms with E-state index in [1.807, 2.05) is 6.07 Å². The van der Waals surface area contributed by atoms with Crippen LogP contribution >= 0.6 is 0 Å². The van der Waals surface area contributed by atoms with E-state index in [1.54, 1.807) is 25.1 Å². The number of aryl methyl sites for hydroxylation is 1. The summed E-state index contributed by atoms with van der Waals surface area (Å²) >= 11 is 0. The topological polar surface area (TPSA) is 69.2 Å². The Hall–Kier alpha value is -2.29. The molecule has 0 N–H and O–H groups in total. The highest BCUT2D eigenvalue weighted by atomic mass is 32.2. The van der Waals surface area contributed by atoms with Crippen LogP contribution in [0.5, 0.6) is 0 Å². The van der Waals surface area contributed by atoms with E-state index in [-0.39, 0.29) is 24.3 Å². The number of alkyl halides is 3. The molecule has 0 unspecified atom stereocenters. The van der Waals surface area contributed by atoms with E-state index in [9.17, 15) is 22.2 Å². The minimum Gasteiger partial charge on any atom is -0.465 e. The second-order valence-corrected chi connectivity index (χ2v) is 6.98. The first kappa shape index (κ1) is 18.5. The van der Waals surface area contributed by atoms with Gasteiger partial charge >= 0.3 is 12.1 Å². The van der Waals surface area contributed by atoms with Crippen molar-refractivity contribution in [1.82, 2.24) is 9.97 Å². The zero-order valence-corrected chi connectivity index (χ0v) is 14.6. The van der Waals surface area contributed by atoms with Crippen molar-refractivity contribution >= 4 is 16.8 Å². The Morgan fingerprint density at radius 1 is 1.23 bits per heavy atom. The molecule has 9 heteroatoms. The van der Waals surface area contributed by atoms with Crippen molar-refractivity contribution in [3.63, 3.8) is 0 Å². The van der Waals surface area contributed by atoms with Gasteiger partial charge in [-0.15, -0.1) is 0 Å². The van der Waals surface area contributed by atoms with Gasteiger partial charge in [0, 0.05) is 11.1 Å². The predicted molar refractivity (Wildman–Crippen MR) is 87.8 cm³/mol. The number of hydrogen-bond acceptors (Lipinski definition) is 5. The van der Waals surface area contributed by atoms with Crippen molar-refractivity contribution in [2.45, 2.75) is 31.1 Å². The normalized spacial score (nSPS) is 14.3. The number of aromatic nitrogens is 2. The average molecular weight is 384 g/mol. The number of carbonyl (C=O) groups is 1. The number of nitrogens with zero attached hydrogens (tertiary/aromatic N) is 2. The first-order valence-corrected chi connectivity index (χ1v) is 9.23. The zero-order chi connectivity index (χ0) is 18.9. The lowest BCUT2D eigenvalue weighted by molar-refractivity contribution is -0.142. The minimum atomic E-state index is -4.71. The second-order valence-electron chi connectivity index (χ2n) is 5.63. The average Bonchev–Trinajstić information content (AvgIpc) is 2.59. The number of hydrogen-bond donors (Lipinski definition) is 0. The van der Waals surface area contributed by atoms with Crippen molar-refractivity contribution in [3.8, 4) is 11.3 Å². The maximum atomic E-state index is 13.5. The molecule has 0 fully saturated rings. The standard InChI is InChI=1S/C17H15F3N2O3S/c1-2-25-13(23)9-26(24)16-21-14-11-6-4-3-5-10(11)7-8-12(14)15(22-16)17(18,19)20/h3-6H,2,7-9H2,1H3/t26-/m0/s1. The molecule has 3 rings (SSSR count). The Labute approximate surface area is 150 Å². The number of carbonyl (C=O) groups excluding carboxylic acids is 1. The Bertz CT molecular complexity index is 884. The number of halogens is 3. The van der Waals surface area contributed by atoms with E-state index in [0.717, 1.165) is 5.56 Å². The molecule has 2 aromatic rings. The molecule has 1 aliphatic carbocycles. The maximum absolute atomic E-state index is 13.5. The maximum Gasteiger partial charge on any atom is 0.433 e. The Kier molecular flexibility index (Phi) is 5.08. The quantitative estimate of drug-likeness (QED) is 0.599. The fourth-order valence-corrected chi connectivity index (χ4v) is 3.68. The second kappa shape index (κ2) is 7.14. The van der Waals surface area contributed by atoms with E-state index in [4.69, 9.17) is 4.74 Å². The van der Waals surface area contributed by atoms with Crippen LogP contribution in [0.25, 0.3) is 11.3 Å². The molecule has 0 radical (unpaired) electrons. The molecule has 1 aromatic carbocycles. The molecule has 1 aromatic heterocycles. The SMILES string of the molecule is CCOC(=O)C[S@](=O)c1nc2c(c(C(F)(F)F)n1)CCc1ccccc1-2. The smallest absolute Gasteiger partial charge is 0.433 e. The first-order valence-electron chi connectivity index (χ1n) is 7.91. The van der Waals surface area contributed by atoms with Crippen LogP contribution in [0.4, 0.5) is 13.2 Å². The molecule has 0 spiro atoms. The van der Waals surface area contributed by atoms with Gasteiger partial charge in [0.25, 0.3) is 0 Å². The molecule has 1 aliphatic rings. The monoisotopic (exact) mass is 384 g/mol. The third-order valence-corrected chi connectivity index (χ3v) is 5.02. The Morgan fingerprint density at radius 2 is 1.96 bits per heavy atom. The number of fused-ring (bicyclic) bond motifs is 3. The van der Waals surface area contributed by atoms with Crippen LogP contribution < -0.4 is 0 Å². The summed E-state index contributed by atoms with van der Waals surface area (Å²) in [6, 6.07) is 7.01. The van der Waals surface area contributed by atoms with E-state index in [0.29, 0.717) is 12.0 Å². The van der Waals surface area contributed by atoms with Crippen LogP contribution in [0, 0.1) is 0 Å². The van der Waals surface area contributed by atoms with Crippen molar-refractivity contribution in [1.29, 1.82) is 0 Å². The summed E-state index contributed by atoms with van der Waals surface area (Å²) in [5, 5.41) is -0.513. The number of rotatable bonds is 4. The molecule has 1 atom stereocenters. The molecule has 0 amide bonds. The van der Waals surface area contributed by atoms with Crippen molar-refractivity contribution in [2.24, 2.45) is 0 Å². The van der Waals surface area contributed by atoms with Crippen LogP contribution in [-0.2, 0) is 39.3 Å². The number of esters is 1. The van der Waals surface area contributed by atoms with Crippen molar-refractivity contribution in [2.75, 3.05) is 12.4 Å². The van der Waals surface area contributed by atoms with Gasteiger partial charge in [0.15, 0.2) is 5.69 Å². The van der Waals surface area contributed by atoms with Crippen LogP contribution in [0.2, 0.25) is 0 Å². The van der Waals surface area contributed by atoms with Gasteiger partial charge < -0.3 is 4.74 Å². The van der Waals surface area contributed by atoms with E-state index < -0.39 is 39.5 Å². The predicted octanol–water partition coefficient (Wildman–Crippen LogP) is 2.93. The zero-order valence-electron chi connectivity index (χ0n) is 13.8. The van der Waals surface area contributed by atoms with E-state index in [1.165, 1.54) is 0 Å². The molecule has 0 saturated heterocycles. The lowest BCUT2D eigenvalue weighted by Crippen LogP contribution is -2.22. The van der Waals surface area contributed by atoms with Gasteiger partial charge in [-0.2, -0.15) is 13.2 Å². The molecule has 0 aliphatic heterocycles. The highest BCUT2D eigenvalue weighted by molar-refractivity contribution is 7.85. The van der Waals surface area contributed by atoms with Crippen LogP contribution in [0.15, 0.2) is 29.4 Å². The van der Waals surface area contributed by atoms with Gasteiger partial charge in [0.1, 0.15) is 16.6 Å². The third-order valence-electron chi connectivity index (χ3n) is 3.93. The van der Waals surface area contributed by atoms with Crippen molar-refractivity contribution < 1.29 is 26.9 Å². The summed E-state index contributed by atoms with van der Waals surface area (Å²) in [7, 11) is -2.13. The lowest BCUT2D eigenvalue weighted by Gasteiger charge is -2.22. The van der Waals surface area contributed by atoms with Gasteiger partial charge in [-0.05, 0) is 25.3 Å². The molecule has 0 bridgehead atoms. The molecule has 5 nitrogen and oxygen atoms in total. The van der Waals surface area contributed by atoms with E-state index >= 15 is 0 Å². The van der Waals surface area contributed by atoms with Crippen molar-refractivity contribution in [3.05, 3.63) is 41.1 Å². The van der Waals surface area contributed by atoms with E-state index in [2.05, 4.69) is 9.97 Å². The Balaban J connectivity index is 2.11. The summed E-state index contributed by atoms with van der Waals surface area (Å²) in [5.74, 6) is -1.37. The van der Waals surface area contributed by atoms with Crippen LogP contribution in [0.1, 0.15) is 23.7 Å².